The molecule has 0 amide bonds. The second kappa shape index (κ2) is 6.86. The summed E-state index contributed by atoms with van der Waals surface area (Å²) in [6.07, 6.45) is 2.88. The van der Waals surface area contributed by atoms with Gasteiger partial charge in [0.1, 0.15) is 0 Å². The number of nitrogens with zero attached hydrogens (tertiary/aromatic N) is 1. The monoisotopic (exact) mass is 233 g/mol. The molecule has 1 aromatic carbocycles. The van der Waals surface area contributed by atoms with E-state index in [9.17, 15) is 4.79 Å². The van der Waals surface area contributed by atoms with Gasteiger partial charge in [0.15, 0.2) is 0 Å². The van der Waals surface area contributed by atoms with E-state index in [4.69, 9.17) is 5.11 Å². The smallest absolute Gasteiger partial charge is 0.328 e. The van der Waals surface area contributed by atoms with Crippen molar-refractivity contribution in [2.45, 2.75) is 26.4 Å². The summed E-state index contributed by atoms with van der Waals surface area (Å²) in [5, 5.41) is 8.55. The standard InChI is InChI=1S/C14H19NO2/c1-12(2)15(10-6-9-14(16)17)11-13-7-4-3-5-8-13/h3-9,12H,10-11H2,1-2H3,(H,16,17). The molecule has 0 aliphatic heterocycles. The van der Waals surface area contributed by atoms with E-state index in [1.54, 1.807) is 6.08 Å². The van der Waals surface area contributed by atoms with Crippen molar-refractivity contribution < 1.29 is 9.90 Å². The quantitative estimate of drug-likeness (QED) is 0.768. The largest absolute Gasteiger partial charge is 0.478 e. The molecule has 3 heteroatoms. The molecule has 1 N–H and O–H groups in total. The molecule has 17 heavy (non-hydrogen) atoms. The first kappa shape index (κ1) is 13.5. The molecule has 0 atom stereocenters. The molecule has 0 bridgehead atoms. The molecule has 0 heterocycles. The van der Waals surface area contributed by atoms with Gasteiger partial charge in [0.2, 0.25) is 0 Å². The third kappa shape index (κ3) is 5.31. The summed E-state index contributed by atoms with van der Waals surface area (Å²) < 4.78 is 0. The predicted octanol–water partition coefficient (Wildman–Crippen LogP) is 2.54. The maximum atomic E-state index is 10.4. The van der Waals surface area contributed by atoms with Crippen LogP contribution in [0.5, 0.6) is 0 Å². The Balaban J connectivity index is 2.58. The number of benzene rings is 1. The van der Waals surface area contributed by atoms with Crippen LogP contribution in [0.4, 0.5) is 0 Å². The normalized spacial score (nSPS) is 11.5. The number of rotatable bonds is 6. The Morgan fingerprint density at radius 2 is 2.00 bits per heavy atom. The van der Waals surface area contributed by atoms with Crippen molar-refractivity contribution in [3.05, 3.63) is 48.0 Å². The Bertz CT molecular complexity index is 371. The molecule has 0 aliphatic rings. The second-order valence-electron chi connectivity index (χ2n) is 4.25. The number of carboxylic acid groups (broad SMARTS) is 1. The number of carbonyl (C=O) groups is 1. The van der Waals surface area contributed by atoms with Crippen molar-refractivity contribution in [3.8, 4) is 0 Å². The van der Waals surface area contributed by atoms with Crippen molar-refractivity contribution in [1.29, 1.82) is 0 Å². The lowest BCUT2D eigenvalue weighted by molar-refractivity contribution is -0.131. The summed E-state index contributed by atoms with van der Waals surface area (Å²) in [5.41, 5.74) is 1.24. The van der Waals surface area contributed by atoms with Gasteiger partial charge in [0.25, 0.3) is 0 Å². The van der Waals surface area contributed by atoms with Crippen LogP contribution in [-0.2, 0) is 11.3 Å². The molecule has 92 valence electrons. The number of aliphatic carboxylic acids is 1. The Labute approximate surface area is 102 Å². The van der Waals surface area contributed by atoms with E-state index in [2.05, 4.69) is 30.9 Å². The molecule has 0 radical (unpaired) electrons. The van der Waals surface area contributed by atoms with Crippen LogP contribution in [0, 0.1) is 0 Å². The van der Waals surface area contributed by atoms with Gasteiger partial charge in [-0.1, -0.05) is 36.4 Å². The highest BCUT2D eigenvalue weighted by molar-refractivity contribution is 5.79. The molecular formula is C14H19NO2. The van der Waals surface area contributed by atoms with Gasteiger partial charge in [0.05, 0.1) is 0 Å². The number of hydrogen-bond acceptors (Lipinski definition) is 2. The fourth-order valence-electron chi connectivity index (χ4n) is 1.56. The van der Waals surface area contributed by atoms with Crippen molar-refractivity contribution in [1.82, 2.24) is 4.90 Å². The van der Waals surface area contributed by atoms with Gasteiger partial charge >= 0.3 is 5.97 Å². The van der Waals surface area contributed by atoms with Crippen LogP contribution in [0.1, 0.15) is 19.4 Å². The summed E-state index contributed by atoms with van der Waals surface area (Å²) in [7, 11) is 0. The molecule has 0 fully saturated rings. The van der Waals surface area contributed by atoms with Gasteiger partial charge < -0.3 is 5.11 Å². The third-order valence-electron chi connectivity index (χ3n) is 2.56. The number of carboxylic acids is 1. The lowest BCUT2D eigenvalue weighted by Crippen LogP contribution is -2.30. The molecule has 0 aromatic heterocycles. The van der Waals surface area contributed by atoms with E-state index < -0.39 is 5.97 Å². The first-order valence-electron chi connectivity index (χ1n) is 5.77. The summed E-state index contributed by atoms with van der Waals surface area (Å²) >= 11 is 0. The average molecular weight is 233 g/mol. The zero-order chi connectivity index (χ0) is 12.7. The van der Waals surface area contributed by atoms with Gasteiger partial charge in [0, 0.05) is 25.2 Å². The maximum absolute atomic E-state index is 10.4. The molecule has 1 aromatic rings. The minimum atomic E-state index is -0.895. The van der Waals surface area contributed by atoms with E-state index in [0.29, 0.717) is 12.6 Å². The highest BCUT2D eigenvalue weighted by Gasteiger charge is 2.08. The van der Waals surface area contributed by atoms with Crippen LogP contribution >= 0.6 is 0 Å². The van der Waals surface area contributed by atoms with E-state index in [-0.39, 0.29) is 0 Å². The highest BCUT2D eigenvalue weighted by Crippen LogP contribution is 2.07. The second-order valence-corrected chi connectivity index (χ2v) is 4.25. The van der Waals surface area contributed by atoms with Gasteiger partial charge in [-0.25, -0.2) is 4.79 Å². The summed E-state index contributed by atoms with van der Waals surface area (Å²) in [6, 6.07) is 10.6. The Morgan fingerprint density at radius 1 is 1.35 bits per heavy atom. The Kier molecular flexibility index (Phi) is 5.43. The van der Waals surface area contributed by atoms with Gasteiger partial charge in [-0.05, 0) is 19.4 Å². The summed E-state index contributed by atoms with van der Waals surface area (Å²) in [5.74, 6) is -0.895. The van der Waals surface area contributed by atoms with Crippen molar-refractivity contribution in [3.63, 3.8) is 0 Å². The van der Waals surface area contributed by atoms with Crippen molar-refractivity contribution in [2.24, 2.45) is 0 Å². The Hall–Kier alpha value is -1.61. The first-order valence-corrected chi connectivity index (χ1v) is 5.77. The molecule has 1 rings (SSSR count). The number of hydrogen-bond donors (Lipinski definition) is 1. The lowest BCUT2D eigenvalue weighted by atomic mass is 10.2. The molecule has 0 unspecified atom stereocenters. The fourth-order valence-corrected chi connectivity index (χ4v) is 1.56. The van der Waals surface area contributed by atoms with Crippen LogP contribution in [-0.4, -0.2) is 28.6 Å². The fraction of sp³-hybridized carbons (Fsp3) is 0.357. The van der Waals surface area contributed by atoms with Gasteiger partial charge in [-0.2, -0.15) is 0 Å². The van der Waals surface area contributed by atoms with Gasteiger partial charge in [-0.3, -0.25) is 4.90 Å². The first-order chi connectivity index (χ1) is 8.09. The van der Waals surface area contributed by atoms with Crippen LogP contribution < -0.4 is 0 Å². The molecular weight excluding hydrogens is 214 g/mol. The molecule has 0 saturated carbocycles. The minimum Gasteiger partial charge on any atom is -0.478 e. The van der Waals surface area contributed by atoms with E-state index in [1.165, 1.54) is 11.6 Å². The van der Waals surface area contributed by atoms with Gasteiger partial charge in [-0.15, -0.1) is 0 Å². The SMILES string of the molecule is CC(C)N(CC=CC(=O)O)Cc1ccccc1. The molecule has 0 aliphatic carbocycles. The lowest BCUT2D eigenvalue weighted by Gasteiger charge is -2.25. The summed E-state index contributed by atoms with van der Waals surface area (Å²) in [6.45, 7) is 5.70. The van der Waals surface area contributed by atoms with E-state index in [1.807, 2.05) is 18.2 Å². The molecule has 3 nitrogen and oxygen atoms in total. The maximum Gasteiger partial charge on any atom is 0.328 e. The minimum absolute atomic E-state index is 0.383. The summed E-state index contributed by atoms with van der Waals surface area (Å²) in [4.78, 5) is 12.6. The van der Waals surface area contributed by atoms with Crippen LogP contribution in [0.25, 0.3) is 0 Å². The average Bonchev–Trinajstić information content (AvgIpc) is 2.28. The van der Waals surface area contributed by atoms with Crippen LogP contribution in [0.3, 0.4) is 0 Å². The van der Waals surface area contributed by atoms with Crippen molar-refractivity contribution >= 4 is 5.97 Å². The highest BCUT2D eigenvalue weighted by atomic mass is 16.4. The van der Waals surface area contributed by atoms with E-state index in [0.717, 1.165) is 6.54 Å². The van der Waals surface area contributed by atoms with E-state index >= 15 is 0 Å². The van der Waals surface area contributed by atoms with Crippen LogP contribution in [0.15, 0.2) is 42.5 Å². The Morgan fingerprint density at radius 3 is 2.53 bits per heavy atom. The molecule has 0 spiro atoms. The van der Waals surface area contributed by atoms with Crippen molar-refractivity contribution in [2.75, 3.05) is 6.54 Å². The zero-order valence-corrected chi connectivity index (χ0v) is 10.3. The molecule has 0 saturated heterocycles. The third-order valence-corrected chi connectivity index (χ3v) is 2.56. The zero-order valence-electron chi connectivity index (χ0n) is 10.3. The predicted molar refractivity (Wildman–Crippen MR) is 68.8 cm³/mol. The topological polar surface area (TPSA) is 40.5 Å². The van der Waals surface area contributed by atoms with Crippen LogP contribution in [0.2, 0.25) is 0 Å².